The molecule has 0 saturated carbocycles. The summed E-state index contributed by atoms with van der Waals surface area (Å²) < 4.78 is 14.9. The van der Waals surface area contributed by atoms with E-state index in [1.807, 2.05) is 61.2 Å². The molecule has 5 heteroatoms. The second-order valence-corrected chi connectivity index (χ2v) is 7.66. The summed E-state index contributed by atoms with van der Waals surface area (Å²) in [6, 6.07) is 18.1. The van der Waals surface area contributed by atoms with Gasteiger partial charge in [0.05, 0.1) is 17.4 Å². The molecule has 0 spiro atoms. The highest BCUT2D eigenvalue weighted by Gasteiger charge is 2.22. The Bertz CT molecular complexity index is 786. The van der Waals surface area contributed by atoms with Crippen LogP contribution >= 0.6 is 0 Å². The van der Waals surface area contributed by atoms with Gasteiger partial charge >= 0.3 is 0 Å². The molecule has 0 aliphatic heterocycles. The molecule has 0 aliphatic carbocycles. The predicted octanol–water partition coefficient (Wildman–Crippen LogP) is 3.14. The third-order valence-corrected chi connectivity index (χ3v) is 5.44. The van der Waals surface area contributed by atoms with Gasteiger partial charge < -0.3 is 9.45 Å². The van der Waals surface area contributed by atoms with E-state index in [1.54, 1.807) is 0 Å². The van der Waals surface area contributed by atoms with Crippen molar-refractivity contribution in [3.05, 3.63) is 60.2 Å². The van der Waals surface area contributed by atoms with Crippen LogP contribution in [0, 0.1) is 0 Å². The van der Waals surface area contributed by atoms with E-state index in [0.29, 0.717) is 12.3 Å². The van der Waals surface area contributed by atoms with Crippen LogP contribution in [-0.4, -0.2) is 45.6 Å². The van der Waals surface area contributed by atoms with Crippen LogP contribution in [0.15, 0.2) is 59.6 Å². The Kier molecular flexibility index (Phi) is 5.56. The SMILES string of the molecule is CN(C)CCC[S+]([O-])c1c2ccccc2nn1Cc1ccccc1. The molecule has 2 aromatic carbocycles. The van der Waals surface area contributed by atoms with Crippen LogP contribution in [0.25, 0.3) is 10.9 Å². The maximum atomic E-state index is 12.9. The highest BCUT2D eigenvalue weighted by molar-refractivity contribution is 7.91. The molecule has 3 rings (SSSR count). The molecule has 0 amide bonds. The van der Waals surface area contributed by atoms with Crippen LogP contribution in [0.3, 0.4) is 0 Å². The van der Waals surface area contributed by atoms with E-state index in [9.17, 15) is 4.55 Å². The van der Waals surface area contributed by atoms with Gasteiger partial charge in [-0.25, -0.2) is 4.68 Å². The molecule has 1 aromatic heterocycles. The summed E-state index contributed by atoms with van der Waals surface area (Å²) in [6.45, 7) is 1.58. The zero-order valence-corrected chi connectivity index (χ0v) is 15.0. The number of hydrogen-bond donors (Lipinski definition) is 0. The molecule has 0 N–H and O–H groups in total. The zero-order chi connectivity index (χ0) is 16.9. The molecule has 4 nitrogen and oxygen atoms in total. The monoisotopic (exact) mass is 341 g/mol. The molecule has 1 heterocycles. The lowest BCUT2D eigenvalue weighted by Crippen LogP contribution is -2.19. The summed E-state index contributed by atoms with van der Waals surface area (Å²) in [5.41, 5.74) is 2.07. The molecule has 1 atom stereocenters. The summed E-state index contributed by atoms with van der Waals surface area (Å²) in [5.74, 6) is 0.655. The van der Waals surface area contributed by atoms with Crippen LogP contribution in [0.4, 0.5) is 0 Å². The second kappa shape index (κ2) is 7.83. The van der Waals surface area contributed by atoms with E-state index in [4.69, 9.17) is 0 Å². The van der Waals surface area contributed by atoms with Gasteiger partial charge in [0.2, 0.25) is 0 Å². The predicted molar refractivity (Wildman–Crippen MR) is 99.7 cm³/mol. The average Bonchev–Trinajstić information content (AvgIpc) is 2.93. The van der Waals surface area contributed by atoms with Gasteiger partial charge in [-0.1, -0.05) is 42.5 Å². The summed E-state index contributed by atoms with van der Waals surface area (Å²) in [5, 5.41) is 6.52. The Morgan fingerprint density at radius 3 is 2.50 bits per heavy atom. The molecular formula is C19H23N3OS. The van der Waals surface area contributed by atoms with Gasteiger partial charge in [0.15, 0.2) is 0 Å². The third kappa shape index (κ3) is 3.98. The van der Waals surface area contributed by atoms with E-state index in [-0.39, 0.29) is 0 Å². The lowest BCUT2D eigenvalue weighted by molar-refractivity contribution is 0.408. The lowest BCUT2D eigenvalue weighted by atomic mass is 10.2. The van der Waals surface area contributed by atoms with Gasteiger partial charge in [0.1, 0.15) is 5.75 Å². The van der Waals surface area contributed by atoms with Gasteiger partial charge in [-0.3, -0.25) is 0 Å². The Morgan fingerprint density at radius 2 is 1.75 bits per heavy atom. The van der Waals surface area contributed by atoms with Crippen molar-refractivity contribution < 1.29 is 4.55 Å². The fourth-order valence-corrected chi connectivity index (χ4v) is 4.11. The minimum absolute atomic E-state index is 0.643. The topological polar surface area (TPSA) is 44.1 Å². The smallest absolute Gasteiger partial charge is 0.251 e. The lowest BCUT2D eigenvalue weighted by Gasteiger charge is -2.14. The standard InChI is InChI=1S/C19H23N3OS/c1-21(2)13-8-14-24(23)19-17-11-6-7-12-18(17)20-22(19)15-16-9-4-3-5-10-16/h3-7,9-12H,8,13-15H2,1-2H3. The Labute approximate surface area is 146 Å². The van der Waals surface area contributed by atoms with E-state index >= 15 is 0 Å². The normalized spacial score (nSPS) is 12.8. The average molecular weight is 341 g/mol. The first-order chi connectivity index (χ1) is 11.6. The van der Waals surface area contributed by atoms with Gasteiger partial charge in [0.25, 0.3) is 5.03 Å². The van der Waals surface area contributed by atoms with Gasteiger partial charge in [-0.15, -0.1) is 0 Å². The van der Waals surface area contributed by atoms with Crippen molar-refractivity contribution in [1.82, 2.24) is 14.7 Å². The zero-order valence-electron chi connectivity index (χ0n) is 14.2. The molecule has 126 valence electrons. The Balaban J connectivity index is 1.90. The van der Waals surface area contributed by atoms with Gasteiger partial charge in [-0.05, 0) is 31.8 Å². The number of aromatic nitrogens is 2. The minimum Gasteiger partial charge on any atom is -0.610 e. The first-order valence-electron chi connectivity index (χ1n) is 8.18. The molecule has 0 aliphatic rings. The van der Waals surface area contributed by atoms with Crippen molar-refractivity contribution in [3.8, 4) is 0 Å². The van der Waals surface area contributed by atoms with Crippen molar-refractivity contribution in [2.24, 2.45) is 0 Å². The number of hydrogen-bond acceptors (Lipinski definition) is 3. The Morgan fingerprint density at radius 1 is 1.04 bits per heavy atom. The number of rotatable bonds is 7. The van der Waals surface area contributed by atoms with Crippen LogP contribution in [-0.2, 0) is 17.7 Å². The van der Waals surface area contributed by atoms with Crippen LogP contribution < -0.4 is 0 Å². The summed E-state index contributed by atoms with van der Waals surface area (Å²) in [6.07, 6.45) is 0.907. The van der Waals surface area contributed by atoms with Crippen molar-refractivity contribution in [2.45, 2.75) is 18.0 Å². The first kappa shape index (κ1) is 17.0. The molecule has 0 fully saturated rings. The van der Waals surface area contributed by atoms with Crippen LogP contribution in [0.2, 0.25) is 0 Å². The summed E-state index contributed by atoms with van der Waals surface area (Å²) >= 11 is -1.05. The van der Waals surface area contributed by atoms with Crippen molar-refractivity contribution >= 4 is 22.1 Å². The van der Waals surface area contributed by atoms with E-state index < -0.39 is 11.2 Å². The number of benzene rings is 2. The Hall–Kier alpha value is -1.82. The molecule has 24 heavy (non-hydrogen) atoms. The highest BCUT2D eigenvalue weighted by atomic mass is 32.2. The van der Waals surface area contributed by atoms with Crippen LogP contribution in [0.1, 0.15) is 12.0 Å². The summed E-state index contributed by atoms with van der Waals surface area (Å²) in [4.78, 5) is 2.12. The largest absolute Gasteiger partial charge is 0.610 e. The van der Waals surface area contributed by atoms with Crippen molar-refractivity contribution in [2.75, 3.05) is 26.4 Å². The van der Waals surface area contributed by atoms with Crippen molar-refractivity contribution in [1.29, 1.82) is 0 Å². The van der Waals surface area contributed by atoms with E-state index in [0.717, 1.165) is 34.5 Å². The molecule has 3 aromatic rings. The van der Waals surface area contributed by atoms with Crippen LogP contribution in [0.5, 0.6) is 0 Å². The molecule has 1 unspecified atom stereocenters. The number of fused-ring (bicyclic) bond motifs is 1. The first-order valence-corrected chi connectivity index (χ1v) is 9.49. The molecular weight excluding hydrogens is 318 g/mol. The van der Waals surface area contributed by atoms with E-state index in [2.05, 4.69) is 22.1 Å². The fraction of sp³-hybridized carbons (Fsp3) is 0.316. The molecule has 0 radical (unpaired) electrons. The maximum Gasteiger partial charge on any atom is 0.251 e. The highest BCUT2D eigenvalue weighted by Crippen LogP contribution is 2.25. The summed E-state index contributed by atoms with van der Waals surface area (Å²) in [7, 11) is 4.08. The quantitative estimate of drug-likeness (QED) is 0.620. The number of nitrogens with zero attached hydrogens (tertiary/aromatic N) is 3. The van der Waals surface area contributed by atoms with Gasteiger partial charge in [0, 0.05) is 24.1 Å². The fourth-order valence-electron chi connectivity index (χ4n) is 2.77. The second-order valence-electron chi connectivity index (χ2n) is 6.17. The third-order valence-electron chi connectivity index (χ3n) is 3.92. The van der Waals surface area contributed by atoms with E-state index in [1.165, 1.54) is 0 Å². The van der Waals surface area contributed by atoms with Crippen molar-refractivity contribution in [3.63, 3.8) is 0 Å². The molecule has 0 saturated heterocycles. The molecule has 0 bridgehead atoms. The van der Waals surface area contributed by atoms with Gasteiger partial charge in [-0.2, -0.15) is 5.10 Å². The maximum absolute atomic E-state index is 12.9. The minimum atomic E-state index is -1.05.